The number of hydrogen-bond acceptors (Lipinski definition) is 4. The van der Waals surface area contributed by atoms with Gasteiger partial charge in [0, 0.05) is 4.90 Å². The summed E-state index contributed by atoms with van der Waals surface area (Å²) < 4.78 is 4.52. The van der Waals surface area contributed by atoms with Crippen molar-refractivity contribution in [2.24, 2.45) is 0 Å². The molecule has 0 saturated carbocycles. The molecule has 0 aliphatic carbocycles. The van der Waals surface area contributed by atoms with Crippen LogP contribution in [0.4, 0.5) is 0 Å². The van der Waals surface area contributed by atoms with Gasteiger partial charge in [0.15, 0.2) is 0 Å². The van der Waals surface area contributed by atoms with Crippen molar-refractivity contribution in [1.29, 1.82) is 5.26 Å². The zero-order chi connectivity index (χ0) is 11.4. The van der Waals surface area contributed by atoms with E-state index in [1.165, 1.54) is 7.11 Å². The average molecular weight is 242 g/mol. The van der Waals surface area contributed by atoms with Gasteiger partial charge in [-0.2, -0.15) is 5.26 Å². The zero-order valence-corrected chi connectivity index (χ0v) is 9.60. The Kier molecular flexibility index (Phi) is 4.01. The number of hydrogen-bond donors (Lipinski definition) is 1. The molecule has 1 rings (SSSR count). The minimum absolute atomic E-state index is 0.0175. The van der Waals surface area contributed by atoms with Crippen LogP contribution >= 0.6 is 24.2 Å². The highest BCUT2D eigenvalue weighted by Crippen LogP contribution is 2.27. The van der Waals surface area contributed by atoms with E-state index in [2.05, 4.69) is 17.4 Å². The normalized spacial score (nSPS) is 9.47. The van der Waals surface area contributed by atoms with Crippen molar-refractivity contribution in [2.45, 2.75) is 11.3 Å². The van der Waals surface area contributed by atoms with E-state index in [1.54, 1.807) is 12.1 Å². The minimum Gasteiger partial charge on any atom is -0.469 e. The molecule has 0 unspecified atom stereocenters. The Bertz CT molecular complexity index is 440. The third-order valence-electron chi connectivity index (χ3n) is 1.89. The van der Waals surface area contributed by atoms with Gasteiger partial charge in [0.1, 0.15) is 6.07 Å². The number of halogens is 1. The molecule has 0 aromatic heterocycles. The fourth-order valence-electron chi connectivity index (χ4n) is 1.08. The molecule has 15 heavy (non-hydrogen) atoms. The van der Waals surface area contributed by atoms with Gasteiger partial charge >= 0.3 is 5.97 Å². The van der Waals surface area contributed by atoms with E-state index in [9.17, 15) is 4.79 Å². The number of nitriles is 1. The summed E-state index contributed by atoms with van der Waals surface area (Å²) in [6, 6.07) is 5.13. The van der Waals surface area contributed by atoms with Gasteiger partial charge in [0.2, 0.25) is 0 Å². The largest absolute Gasteiger partial charge is 0.469 e. The van der Waals surface area contributed by atoms with E-state index in [0.717, 1.165) is 0 Å². The minimum atomic E-state index is -0.415. The molecule has 0 bridgehead atoms. The molecule has 0 fully saturated rings. The van der Waals surface area contributed by atoms with Crippen LogP contribution in [0.5, 0.6) is 0 Å². The molecule has 0 heterocycles. The molecule has 5 heteroatoms. The van der Waals surface area contributed by atoms with E-state index >= 15 is 0 Å². The van der Waals surface area contributed by atoms with Crippen LogP contribution in [0.25, 0.3) is 0 Å². The Morgan fingerprint density at radius 1 is 1.67 bits per heavy atom. The molecule has 0 atom stereocenters. The first-order valence-electron chi connectivity index (χ1n) is 4.07. The van der Waals surface area contributed by atoms with Gasteiger partial charge in [-0.3, -0.25) is 4.79 Å². The van der Waals surface area contributed by atoms with Gasteiger partial charge in [-0.25, -0.2) is 0 Å². The van der Waals surface area contributed by atoms with Crippen LogP contribution in [0.3, 0.4) is 0 Å². The summed E-state index contributed by atoms with van der Waals surface area (Å²) in [4.78, 5) is 11.7. The van der Waals surface area contributed by atoms with Crippen molar-refractivity contribution in [1.82, 2.24) is 0 Å². The third kappa shape index (κ3) is 2.65. The van der Waals surface area contributed by atoms with Crippen LogP contribution in [0.2, 0.25) is 5.02 Å². The lowest BCUT2D eigenvalue weighted by molar-refractivity contribution is -0.139. The second-order valence-electron chi connectivity index (χ2n) is 2.79. The van der Waals surface area contributed by atoms with Gasteiger partial charge in [-0.1, -0.05) is 11.6 Å². The SMILES string of the molecule is COC(=O)Cc1c(S)ccc(C#N)c1Cl. The maximum atomic E-state index is 11.1. The van der Waals surface area contributed by atoms with Gasteiger partial charge in [-0.05, 0) is 17.7 Å². The number of thiol groups is 1. The number of nitrogens with zero attached hydrogens (tertiary/aromatic N) is 1. The molecule has 0 saturated heterocycles. The van der Waals surface area contributed by atoms with E-state index < -0.39 is 5.97 Å². The lowest BCUT2D eigenvalue weighted by atomic mass is 10.1. The number of benzene rings is 1. The predicted molar refractivity (Wildman–Crippen MR) is 59.1 cm³/mol. The molecule has 1 aromatic rings. The Morgan fingerprint density at radius 2 is 2.33 bits per heavy atom. The van der Waals surface area contributed by atoms with Gasteiger partial charge in [0.25, 0.3) is 0 Å². The highest BCUT2D eigenvalue weighted by molar-refractivity contribution is 7.80. The van der Waals surface area contributed by atoms with Crippen molar-refractivity contribution in [3.05, 3.63) is 28.3 Å². The molecule has 3 nitrogen and oxygen atoms in total. The van der Waals surface area contributed by atoms with Crippen LogP contribution in [0.15, 0.2) is 17.0 Å². The maximum absolute atomic E-state index is 11.1. The van der Waals surface area contributed by atoms with Crippen LogP contribution in [-0.4, -0.2) is 13.1 Å². The van der Waals surface area contributed by atoms with Crippen molar-refractivity contribution in [3.8, 4) is 6.07 Å². The topological polar surface area (TPSA) is 50.1 Å². The second-order valence-corrected chi connectivity index (χ2v) is 3.65. The number of esters is 1. The Morgan fingerprint density at radius 3 is 2.87 bits per heavy atom. The fourth-order valence-corrected chi connectivity index (χ4v) is 1.69. The Labute approximate surface area is 98.0 Å². The predicted octanol–water partition coefficient (Wildman–Crippen LogP) is 2.22. The van der Waals surface area contributed by atoms with Crippen LogP contribution < -0.4 is 0 Å². The van der Waals surface area contributed by atoms with E-state index in [4.69, 9.17) is 16.9 Å². The number of methoxy groups -OCH3 is 1. The van der Waals surface area contributed by atoms with E-state index in [0.29, 0.717) is 16.0 Å². The fraction of sp³-hybridized carbons (Fsp3) is 0.200. The summed E-state index contributed by atoms with van der Waals surface area (Å²) in [6.07, 6.45) is 0.0175. The monoisotopic (exact) mass is 241 g/mol. The second kappa shape index (κ2) is 5.06. The van der Waals surface area contributed by atoms with Crippen molar-refractivity contribution < 1.29 is 9.53 Å². The van der Waals surface area contributed by atoms with Gasteiger partial charge in [0.05, 0.1) is 24.1 Å². The molecular formula is C10H8ClNO2S. The van der Waals surface area contributed by atoms with E-state index in [-0.39, 0.29) is 11.4 Å². The zero-order valence-electron chi connectivity index (χ0n) is 7.95. The summed E-state index contributed by atoms with van der Waals surface area (Å²) in [7, 11) is 1.29. The standard InChI is InChI=1S/C10H8ClNO2S/c1-14-9(13)4-7-8(15)3-2-6(5-12)10(7)11/h2-3,15H,4H2,1H3. The first-order chi connectivity index (χ1) is 7.10. The number of carbonyl (C=O) groups excluding carboxylic acids is 1. The van der Waals surface area contributed by atoms with Crippen molar-refractivity contribution in [3.63, 3.8) is 0 Å². The first kappa shape index (κ1) is 11.9. The molecule has 1 aromatic carbocycles. The summed E-state index contributed by atoms with van der Waals surface area (Å²) in [5.41, 5.74) is 0.847. The van der Waals surface area contributed by atoms with Crippen molar-refractivity contribution in [2.75, 3.05) is 7.11 Å². The molecule has 0 spiro atoms. The number of carbonyl (C=O) groups is 1. The summed E-state index contributed by atoms with van der Waals surface area (Å²) in [6.45, 7) is 0. The molecule has 0 aliphatic heterocycles. The maximum Gasteiger partial charge on any atom is 0.310 e. The lowest BCUT2D eigenvalue weighted by Gasteiger charge is -2.07. The van der Waals surface area contributed by atoms with Gasteiger partial charge < -0.3 is 4.74 Å². The number of ether oxygens (including phenoxy) is 1. The quantitative estimate of drug-likeness (QED) is 0.638. The third-order valence-corrected chi connectivity index (χ3v) is 2.74. The molecule has 0 N–H and O–H groups in total. The van der Waals surface area contributed by atoms with Crippen LogP contribution in [0, 0.1) is 11.3 Å². The Hall–Kier alpha value is -1.18. The van der Waals surface area contributed by atoms with Gasteiger partial charge in [-0.15, -0.1) is 12.6 Å². The number of rotatable bonds is 2. The average Bonchev–Trinajstić information content (AvgIpc) is 2.24. The van der Waals surface area contributed by atoms with Crippen LogP contribution in [0.1, 0.15) is 11.1 Å². The van der Waals surface area contributed by atoms with E-state index in [1.807, 2.05) is 6.07 Å². The molecule has 0 radical (unpaired) electrons. The van der Waals surface area contributed by atoms with Crippen molar-refractivity contribution >= 4 is 30.2 Å². The molecule has 78 valence electrons. The smallest absolute Gasteiger partial charge is 0.310 e. The highest BCUT2D eigenvalue weighted by atomic mass is 35.5. The highest BCUT2D eigenvalue weighted by Gasteiger charge is 2.13. The molecule has 0 aliphatic rings. The summed E-state index contributed by atoms with van der Waals surface area (Å²) in [5.74, 6) is -0.415. The summed E-state index contributed by atoms with van der Waals surface area (Å²) in [5, 5.41) is 9.01. The van der Waals surface area contributed by atoms with Crippen LogP contribution in [-0.2, 0) is 16.0 Å². The Balaban J connectivity index is 3.16. The molecular weight excluding hydrogens is 234 g/mol. The first-order valence-corrected chi connectivity index (χ1v) is 4.90. The lowest BCUT2D eigenvalue weighted by Crippen LogP contribution is -2.06. The molecule has 0 amide bonds. The summed E-state index contributed by atoms with van der Waals surface area (Å²) >= 11 is 10.1.